The van der Waals surface area contributed by atoms with E-state index < -0.39 is 29.8 Å². The van der Waals surface area contributed by atoms with Crippen molar-refractivity contribution < 1.29 is 27.9 Å². The smallest absolute Gasteiger partial charge is 0.433 e. The largest absolute Gasteiger partial charge is 0.480 e. The van der Waals surface area contributed by atoms with E-state index in [2.05, 4.69) is 51.5 Å². The summed E-state index contributed by atoms with van der Waals surface area (Å²) in [4.78, 5) is 36.6. The highest BCUT2D eigenvalue weighted by molar-refractivity contribution is 5.96. The number of carboxylic acid groups (broad SMARTS) is 1. The number of nitrogens with zero attached hydrogens (tertiary/aromatic N) is 3. The van der Waals surface area contributed by atoms with Crippen LogP contribution in [0.5, 0.6) is 0 Å². The normalized spacial score (nSPS) is 17.5. The molecule has 228 valence electrons. The molecule has 0 saturated heterocycles. The lowest BCUT2D eigenvalue weighted by molar-refractivity contribution is -0.141. The van der Waals surface area contributed by atoms with E-state index in [0.29, 0.717) is 23.4 Å². The number of aliphatic carboxylic acids is 1. The summed E-state index contributed by atoms with van der Waals surface area (Å²) in [5.41, 5.74) is 3.41. The van der Waals surface area contributed by atoms with Gasteiger partial charge < -0.3 is 10.4 Å². The Bertz CT molecular complexity index is 1570. The summed E-state index contributed by atoms with van der Waals surface area (Å²) in [7, 11) is 0. The Morgan fingerprint density at radius 3 is 2.02 bits per heavy atom. The third kappa shape index (κ3) is 7.48. The van der Waals surface area contributed by atoms with Crippen LogP contribution in [0.15, 0.2) is 79.3 Å². The van der Waals surface area contributed by atoms with Crippen LogP contribution in [0.1, 0.15) is 72.1 Å². The van der Waals surface area contributed by atoms with Crippen molar-refractivity contribution in [1.29, 1.82) is 0 Å². The van der Waals surface area contributed by atoms with E-state index in [4.69, 9.17) is 0 Å². The maximum absolute atomic E-state index is 12.7. The molecule has 2 aromatic carbocycles. The van der Waals surface area contributed by atoms with Gasteiger partial charge in [-0.15, -0.1) is 0 Å². The number of aromatic nitrogens is 3. The van der Waals surface area contributed by atoms with E-state index in [1.54, 1.807) is 36.7 Å². The van der Waals surface area contributed by atoms with E-state index in [9.17, 15) is 27.9 Å². The standard InChI is InChI=1S/C34H33F3N4O3/c1-2-21-3-7-23(8-4-21)24-11-13-25(14-12-24)28-19-39-31(40-20-28)26-9-5-22(6-10-26)17-29(33(43)44)41-32(42)27-15-16-30(38-18-27)34(35,36)37/h5-6,9-16,18-21,23,29H,2-4,7-8,17H2,1H3,(H,41,42)(H,43,44)/t21-,23-,29-/m0/s1. The molecule has 0 radical (unpaired) electrons. The third-order valence-electron chi connectivity index (χ3n) is 8.36. The molecular weight excluding hydrogens is 569 g/mol. The number of amides is 1. The molecule has 4 aromatic rings. The Balaban J connectivity index is 1.19. The van der Waals surface area contributed by atoms with Crippen molar-refractivity contribution >= 4 is 11.9 Å². The molecule has 2 aromatic heterocycles. The summed E-state index contributed by atoms with van der Waals surface area (Å²) in [6.07, 6.45) is 6.03. The van der Waals surface area contributed by atoms with Gasteiger partial charge in [0.25, 0.3) is 5.91 Å². The summed E-state index contributed by atoms with van der Waals surface area (Å²) >= 11 is 0. The molecule has 1 aliphatic rings. The molecule has 1 saturated carbocycles. The van der Waals surface area contributed by atoms with Crippen molar-refractivity contribution in [3.63, 3.8) is 0 Å². The molecule has 2 heterocycles. The second kappa shape index (κ2) is 13.4. The highest BCUT2D eigenvalue weighted by Crippen LogP contribution is 2.37. The Kier molecular flexibility index (Phi) is 9.37. The maximum atomic E-state index is 12.7. The third-order valence-corrected chi connectivity index (χ3v) is 8.36. The van der Waals surface area contributed by atoms with Crippen LogP contribution in [0, 0.1) is 5.92 Å². The quantitative estimate of drug-likeness (QED) is 0.208. The molecule has 1 aliphatic carbocycles. The molecular formula is C34H33F3N4O3. The summed E-state index contributed by atoms with van der Waals surface area (Å²) in [5.74, 6) is -0.0987. The average molecular weight is 603 g/mol. The van der Waals surface area contributed by atoms with Gasteiger partial charge in [0.05, 0.1) is 5.56 Å². The number of nitrogens with one attached hydrogen (secondary N) is 1. The molecule has 1 amide bonds. The molecule has 0 unspecified atom stereocenters. The van der Waals surface area contributed by atoms with Gasteiger partial charge in [-0.1, -0.05) is 61.9 Å². The predicted molar refractivity (Wildman–Crippen MR) is 160 cm³/mol. The van der Waals surface area contributed by atoms with Gasteiger partial charge in [0.2, 0.25) is 0 Å². The first kappa shape index (κ1) is 30.8. The lowest BCUT2D eigenvalue weighted by atomic mass is 9.78. The number of pyridine rings is 1. The molecule has 5 rings (SSSR count). The van der Waals surface area contributed by atoms with Crippen LogP contribution in [0.4, 0.5) is 13.2 Å². The second-order valence-electron chi connectivity index (χ2n) is 11.2. The van der Waals surface area contributed by atoms with Crippen LogP contribution in [0.25, 0.3) is 22.5 Å². The number of hydrogen-bond donors (Lipinski definition) is 2. The number of halogens is 3. The SMILES string of the molecule is CC[C@H]1CC[C@H](c2ccc(-c3cnc(-c4ccc(C[C@H](NC(=O)c5ccc(C(F)(F)F)nc5)C(=O)O)cc4)nc3)cc2)CC1. The van der Waals surface area contributed by atoms with E-state index in [1.807, 2.05) is 0 Å². The predicted octanol–water partition coefficient (Wildman–Crippen LogP) is 7.33. The minimum absolute atomic E-state index is 0.0365. The second-order valence-corrected chi connectivity index (χ2v) is 11.2. The van der Waals surface area contributed by atoms with Crippen LogP contribution in [-0.2, 0) is 17.4 Å². The molecule has 0 bridgehead atoms. The van der Waals surface area contributed by atoms with Gasteiger partial charge in [-0.3, -0.25) is 9.78 Å². The topological polar surface area (TPSA) is 105 Å². The van der Waals surface area contributed by atoms with Crippen molar-refractivity contribution in [2.45, 2.75) is 63.6 Å². The minimum Gasteiger partial charge on any atom is -0.480 e. The zero-order valence-corrected chi connectivity index (χ0v) is 24.2. The van der Waals surface area contributed by atoms with Crippen molar-refractivity contribution in [3.8, 4) is 22.5 Å². The van der Waals surface area contributed by atoms with Gasteiger partial charge in [-0.2, -0.15) is 13.2 Å². The number of carboxylic acids is 1. The minimum atomic E-state index is -4.64. The fourth-order valence-corrected chi connectivity index (χ4v) is 5.64. The zero-order chi connectivity index (χ0) is 31.3. The van der Waals surface area contributed by atoms with Crippen LogP contribution in [0.3, 0.4) is 0 Å². The van der Waals surface area contributed by atoms with Crippen molar-refractivity contribution in [3.05, 3.63) is 102 Å². The summed E-state index contributed by atoms with van der Waals surface area (Å²) in [5, 5.41) is 12.0. The van der Waals surface area contributed by atoms with Crippen LogP contribution < -0.4 is 5.32 Å². The maximum Gasteiger partial charge on any atom is 0.433 e. The van der Waals surface area contributed by atoms with Crippen LogP contribution in [-0.4, -0.2) is 38.0 Å². The first-order valence-corrected chi connectivity index (χ1v) is 14.7. The van der Waals surface area contributed by atoms with E-state index >= 15 is 0 Å². The van der Waals surface area contributed by atoms with E-state index in [0.717, 1.165) is 34.9 Å². The molecule has 2 N–H and O–H groups in total. The van der Waals surface area contributed by atoms with Crippen LogP contribution >= 0.6 is 0 Å². The lowest BCUT2D eigenvalue weighted by Crippen LogP contribution is -2.42. The van der Waals surface area contributed by atoms with E-state index in [-0.39, 0.29) is 12.0 Å². The van der Waals surface area contributed by atoms with Gasteiger partial charge in [-0.05, 0) is 66.3 Å². The molecule has 44 heavy (non-hydrogen) atoms. The molecule has 0 spiro atoms. The lowest BCUT2D eigenvalue weighted by Gasteiger charge is -2.28. The Hall–Kier alpha value is -4.60. The summed E-state index contributed by atoms with van der Waals surface area (Å²) < 4.78 is 38.2. The average Bonchev–Trinajstić information content (AvgIpc) is 3.04. The van der Waals surface area contributed by atoms with Crippen molar-refractivity contribution in [2.24, 2.45) is 5.92 Å². The van der Waals surface area contributed by atoms with Crippen LogP contribution in [0.2, 0.25) is 0 Å². The summed E-state index contributed by atoms with van der Waals surface area (Å²) in [6, 6.07) is 16.0. The molecule has 1 fully saturated rings. The van der Waals surface area contributed by atoms with E-state index in [1.165, 1.54) is 37.7 Å². The number of benzene rings is 2. The number of rotatable bonds is 9. The molecule has 7 nitrogen and oxygen atoms in total. The van der Waals surface area contributed by atoms with Gasteiger partial charge in [-0.25, -0.2) is 14.8 Å². The van der Waals surface area contributed by atoms with Gasteiger partial charge >= 0.3 is 12.1 Å². The molecule has 10 heteroatoms. The Morgan fingerprint density at radius 1 is 0.841 bits per heavy atom. The zero-order valence-electron chi connectivity index (χ0n) is 24.2. The highest BCUT2D eigenvalue weighted by atomic mass is 19.4. The van der Waals surface area contributed by atoms with Crippen molar-refractivity contribution in [2.75, 3.05) is 0 Å². The highest BCUT2D eigenvalue weighted by Gasteiger charge is 2.32. The molecule has 0 aliphatic heterocycles. The van der Waals surface area contributed by atoms with Gasteiger partial charge in [0, 0.05) is 36.1 Å². The van der Waals surface area contributed by atoms with Gasteiger partial charge in [0.1, 0.15) is 11.7 Å². The first-order chi connectivity index (χ1) is 21.1. The van der Waals surface area contributed by atoms with Gasteiger partial charge in [0.15, 0.2) is 5.82 Å². The van der Waals surface area contributed by atoms with Crippen molar-refractivity contribution in [1.82, 2.24) is 20.3 Å². The number of hydrogen-bond acceptors (Lipinski definition) is 5. The number of carbonyl (C=O) groups excluding carboxylic acids is 1. The Morgan fingerprint density at radius 2 is 1.48 bits per heavy atom. The number of carbonyl (C=O) groups is 2. The fraction of sp³-hybridized carbons (Fsp3) is 0.324. The fourth-order valence-electron chi connectivity index (χ4n) is 5.64. The molecule has 1 atom stereocenters. The first-order valence-electron chi connectivity index (χ1n) is 14.7. The number of alkyl halides is 3. The monoisotopic (exact) mass is 602 g/mol. The summed E-state index contributed by atoms with van der Waals surface area (Å²) in [6.45, 7) is 2.28. The Labute approximate surface area is 253 Å².